The van der Waals surface area contributed by atoms with Crippen LogP contribution in [0.15, 0.2) is 84.4 Å². The van der Waals surface area contributed by atoms with E-state index in [2.05, 4.69) is 4.90 Å². The fourth-order valence-corrected chi connectivity index (χ4v) is 12.0. The molecule has 12 nitrogen and oxygen atoms in total. The van der Waals surface area contributed by atoms with E-state index in [1.807, 2.05) is 80.6 Å². The minimum Gasteiger partial charge on any atom is -0.491 e. The molecule has 2 aromatic heterocycles. The van der Waals surface area contributed by atoms with Crippen LogP contribution < -0.4 is 19.4 Å². The molecule has 14 heteroatoms. The van der Waals surface area contributed by atoms with Gasteiger partial charge in [0, 0.05) is 53.1 Å². The van der Waals surface area contributed by atoms with Crippen LogP contribution in [0.1, 0.15) is 36.8 Å². The van der Waals surface area contributed by atoms with Gasteiger partial charge in [-0.2, -0.15) is 5.10 Å². The van der Waals surface area contributed by atoms with Crippen molar-refractivity contribution in [3.05, 3.63) is 101 Å². The molecule has 10 rings (SSSR count). The van der Waals surface area contributed by atoms with Crippen molar-refractivity contribution in [1.82, 2.24) is 9.78 Å². The summed E-state index contributed by atoms with van der Waals surface area (Å²) in [5.41, 5.74) is 3.40. The van der Waals surface area contributed by atoms with Gasteiger partial charge in [-0.25, -0.2) is 4.90 Å². The first-order valence-electron chi connectivity index (χ1n) is 20.5. The van der Waals surface area contributed by atoms with E-state index in [9.17, 15) is 14.7 Å². The Kier molecular flexibility index (Phi) is 9.51. The number of halogens is 1. The lowest BCUT2D eigenvalue weighted by atomic mass is 9.51. The molecule has 6 atom stereocenters. The van der Waals surface area contributed by atoms with Gasteiger partial charge in [-0.05, 0) is 92.1 Å². The number of amides is 4. The van der Waals surface area contributed by atoms with Gasteiger partial charge in [-0.15, -0.1) is 11.3 Å². The van der Waals surface area contributed by atoms with E-state index in [4.69, 9.17) is 26.2 Å². The Morgan fingerprint density at radius 1 is 0.933 bits per heavy atom. The molecule has 0 spiro atoms. The zero-order valence-corrected chi connectivity index (χ0v) is 35.0. The molecule has 5 heterocycles. The number of morpholine rings is 1. The van der Waals surface area contributed by atoms with Crippen molar-refractivity contribution >= 4 is 73.8 Å². The molecule has 3 aliphatic heterocycles. The predicted octanol–water partition coefficient (Wildman–Crippen LogP) is 6.91. The number of hydrogen-bond acceptors (Lipinski definition) is 10. The van der Waals surface area contributed by atoms with E-state index in [-0.39, 0.29) is 43.3 Å². The first kappa shape index (κ1) is 38.8. The Morgan fingerprint density at radius 2 is 1.68 bits per heavy atom. The van der Waals surface area contributed by atoms with Gasteiger partial charge in [0.05, 0.1) is 53.6 Å². The van der Waals surface area contributed by atoms with Gasteiger partial charge in [0.15, 0.2) is 0 Å². The molecule has 3 aromatic carbocycles. The molecule has 0 radical (unpaired) electrons. The highest BCUT2D eigenvalue weighted by Gasteiger charge is 2.68. The smallest absolute Gasteiger partial charge is 0.242 e. The number of allylic oxidation sites excluding steroid dienone is 2. The molecule has 4 fully saturated rings. The number of aliphatic hydroxyl groups is 1. The molecule has 3 saturated heterocycles. The predicted molar refractivity (Wildman–Crippen MR) is 229 cm³/mol. The molecular weight excluding hydrogens is 802 g/mol. The average Bonchev–Trinajstić information content (AvgIpc) is 3.93. The average molecular weight is 846 g/mol. The fraction of sp³-hybridized carbons (Fsp3) is 0.370. The van der Waals surface area contributed by atoms with E-state index in [0.29, 0.717) is 53.2 Å². The van der Waals surface area contributed by atoms with Crippen molar-refractivity contribution in [1.29, 1.82) is 0 Å². The fourth-order valence-electron chi connectivity index (χ4n) is 10.7. The highest BCUT2D eigenvalue weighted by atomic mass is 35.5. The summed E-state index contributed by atoms with van der Waals surface area (Å²) in [4.78, 5) is 65.2. The topological polar surface area (TPSA) is 135 Å². The van der Waals surface area contributed by atoms with Crippen LogP contribution in [-0.4, -0.2) is 78.0 Å². The van der Waals surface area contributed by atoms with Crippen LogP contribution in [0, 0.1) is 36.0 Å². The van der Waals surface area contributed by atoms with Crippen molar-refractivity contribution in [2.45, 2.75) is 32.6 Å². The number of nitrogens with zero attached hydrogens (tertiary/aromatic N) is 5. The Morgan fingerprint density at radius 3 is 2.45 bits per heavy atom. The maximum absolute atomic E-state index is 15.3. The van der Waals surface area contributed by atoms with E-state index in [1.165, 1.54) is 9.80 Å². The van der Waals surface area contributed by atoms with Gasteiger partial charge < -0.3 is 19.5 Å². The number of ether oxygens (including phenoxy) is 2. The Labute approximate surface area is 355 Å². The zero-order chi connectivity index (χ0) is 41.6. The van der Waals surface area contributed by atoms with Gasteiger partial charge in [0.1, 0.15) is 23.9 Å². The third kappa shape index (κ3) is 5.80. The lowest BCUT2D eigenvalue weighted by Gasteiger charge is -2.49. The summed E-state index contributed by atoms with van der Waals surface area (Å²) >= 11 is 7.92. The van der Waals surface area contributed by atoms with E-state index in [0.717, 1.165) is 44.9 Å². The Bertz CT molecular complexity index is 2630. The maximum atomic E-state index is 15.3. The Balaban J connectivity index is 1.04. The number of para-hydroxylation sites is 1. The molecule has 0 bridgehead atoms. The van der Waals surface area contributed by atoms with Gasteiger partial charge in [0.25, 0.3) is 0 Å². The number of thiophene rings is 1. The lowest BCUT2D eigenvalue weighted by molar-refractivity contribution is -0.131. The van der Waals surface area contributed by atoms with Crippen LogP contribution in [0.5, 0.6) is 5.75 Å². The quantitative estimate of drug-likeness (QED) is 0.131. The molecule has 0 unspecified atom stereocenters. The maximum Gasteiger partial charge on any atom is 0.242 e. The summed E-state index contributed by atoms with van der Waals surface area (Å²) in [6.07, 6.45) is 2.57. The summed E-state index contributed by atoms with van der Waals surface area (Å²) in [5.74, 6) is -3.81. The van der Waals surface area contributed by atoms with Crippen LogP contribution in [0.3, 0.4) is 0 Å². The second kappa shape index (κ2) is 14.7. The molecule has 4 amide bonds. The Hall–Kier alpha value is -5.34. The van der Waals surface area contributed by atoms with Crippen LogP contribution in [0.2, 0.25) is 5.02 Å². The van der Waals surface area contributed by atoms with Crippen molar-refractivity contribution in [2.75, 3.05) is 54.2 Å². The standard InChI is InChI=1S/C46H44ClN5O7S/c1-25-32-22-26(47)8-15-37(32)60-41(25)35-24-38(49(3)48-35)52-43(55)34-23-33-29(40(46(34,2)45(52)57)30-6-4-5-7-36(30)59-21-18-53)13-14-31-39(33)44(56)51(42(31)54)28-11-9-27(10-12-28)50-16-19-58-20-17-50/h4-13,15,22,24,31,33-34,39-40,53H,14,16-21,23H2,1-3H3/t31-,33+,34-,39-,40+,46+/m0/s1. The highest BCUT2D eigenvalue weighted by Crippen LogP contribution is 2.64. The number of aryl methyl sites for hydroxylation is 2. The second-order valence-corrected chi connectivity index (χ2v) is 18.1. The van der Waals surface area contributed by atoms with Crippen molar-refractivity contribution < 1.29 is 33.8 Å². The summed E-state index contributed by atoms with van der Waals surface area (Å²) in [6.45, 7) is 6.49. The van der Waals surface area contributed by atoms with Gasteiger partial charge in [-0.1, -0.05) is 41.4 Å². The monoisotopic (exact) mass is 845 g/mol. The number of rotatable bonds is 8. The second-order valence-electron chi connectivity index (χ2n) is 16.6. The summed E-state index contributed by atoms with van der Waals surface area (Å²) in [7, 11) is 1.73. The van der Waals surface area contributed by atoms with Crippen LogP contribution in [0.4, 0.5) is 17.2 Å². The molecule has 308 valence electrons. The number of hydrogen-bond donors (Lipinski definition) is 1. The number of fused-ring (bicyclic) bond motifs is 5. The number of aromatic nitrogens is 2. The third-order valence-electron chi connectivity index (χ3n) is 13.6. The molecule has 1 N–H and O–H groups in total. The summed E-state index contributed by atoms with van der Waals surface area (Å²) < 4.78 is 14.3. The normalized spacial score (nSPS) is 26.4. The van der Waals surface area contributed by atoms with E-state index >= 15 is 9.59 Å². The van der Waals surface area contributed by atoms with Crippen LogP contribution >= 0.6 is 22.9 Å². The molecule has 1 saturated carbocycles. The SMILES string of the molecule is Cc1c(-c2cc(N3C(=O)[C@@H]4C[C@@H]5C(=CC[C@@H]6C(=O)N(c7ccc(N8CCOCC8)cc7)C(=O)[C@@H]65)[C@H](c5ccccc5OCCO)[C@]4(C)C3=O)n(C)n2)sc2ccc(Cl)cc12. The van der Waals surface area contributed by atoms with Gasteiger partial charge in [-0.3, -0.25) is 28.8 Å². The molecule has 60 heavy (non-hydrogen) atoms. The summed E-state index contributed by atoms with van der Waals surface area (Å²) in [5, 5.41) is 16.2. The number of anilines is 3. The van der Waals surface area contributed by atoms with Crippen molar-refractivity contribution in [3.8, 4) is 16.3 Å². The van der Waals surface area contributed by atoms with Crippen LogP contribution in [-0.2, 0) is 31.0 Å². The summed E-state index contributed by atoms with van der Waals surface area (Å²) in [6, 6.07) is 22.5. The van der Waals surface area contributed by atoms with Crippen molar-refractivity contribution in [3.63, 3.8) is 0 Å². The lowest BCUT2D eigenvalue weighted by Crippen LogP contribution is -2.49. The van der Waals surface area contributed by atoms with Gasteiger partial charge in [0.2, 0.25) is 23.6 Å². The number of carbonyl (C=O) groups is 4. The number of benzene rings is 3. The molecule has 2 aliphatic carbocycles. The number of carbonyl (C=O) groups excluding carboxylic acids is 4. The minimum absolute atomic E-state index is 0.0312. The molecule has 5 aliphatic rings. The van der Waals surface area contributed by atoms with Gasteiger partial charge >= 0.3 is 0 Å². The third-order valence-corrected chi connectivity index (χ3v) is 15.1. The largest absolute Gasteiger partial charge is 0.491 e. The zero-order valence-electron chi connectivity index (χ0n) is 33.5. The molecular formula is C46H44ClN5O7S. The first-order valence-corrected chi connectivity index (χ1v) is 21.6. The highest BCUT2D eigenvalue weighted by molar-refractivity contribution is 7.22. The minimum atomic E-state index is -1.29. The number of aliphatic hydroxyl groups excluding tert-OH is 1. The first-order chi connectivity index (χ1) is 29.0. The van der Waals surface area contributed by atoms with Crippen LogP contribution in [0.25, 0.3) is 20.7 Å². The van der Waals surface area contributed by atoms with E-state index < -0.39 is 35.0 Å². The van der Waals surface area contributed by atoms with E-state index in [1.54, 1.807) is 35.2 Å². The molecule has 5 aromatic rings. The number of imide groups is 2. The van der Waals surface area contributed by atoms with Crippen molar-refractivity contribution in [2.24, 2.45) is 36.1 Å².